The van der Waals surface area contributed by atoms with Gasteiger partial charge in [-0.15, -0.1) is 0 Å². The van der Waals surface area contributed by atoms with Crippen LogP contribution < -0.4 is 0 Å². The van der Waals surface area contributed by atoms with E-state index in [2.05, 4.69) is 0 Å². The maximum atomic E-state index is 12.6. The van der Waals surface area contributed by atoms with Crippen molar-refractivity contribution in [2.24, 2.45) is 47.3 Å². The minimum atomic E-state index is 0.551. The molecule has 7 atom stereocenters. The van der Waals surface area contributed by atoms with Crippen LogP contribution in [-0.2, 0) is 4.79 Å². The van der Waals surface area contributed by atoms with E-state index < -0.39 is 0 Å². The zero-order valence-electron chi connectivity index (χ0n) is 11.2. The number of hydrogen-bond acceptors (Lipinski definition) is 1. The van der Waals surface area contributed by atoms with E-state index in [9.17, 15) is 4.79 Å². The fraction of sp³-hybridized carbons (Fsp3) is 0.941. The highest BCUT2D eigenvalue weighted by molar-refractivity contribution is 5.85. The number of carbonyl (C=O) groups is 1. The molecule has 5 saturated carbocycles. The summed E-state index contributed by atoms with van der Waals surface area (Å²) < 4.78 is 0. The zero-order chi connectivity index (χ0) is 11.9. The van der Waals surface area contributed by atoms with Crippen LogP contribution in [0, 0.1) is 47.3 Å². The van der Waals surface area contributed by atoms with Crippen molar-refractivity contribution in [1.29, 1.82) is 0 Å². The fourth-order valence-corrected chi connectivity index (χ4v) is 6.78. The highest BCUT2D eigenvalue weighted by Crippen LogP contribution is 2.70. The quantitative estimate of drug-likeness (QED) is 0.740. The first-order chi connectivity index (χ1) is 8.81. The number of carbonyl (C=O) groups excluding carboxylic acids is 1. The lowest BCUT2D eigenvalue weighted by Gasteiger charge is -2.21. The minimum absolute atomic E-state index is 0.551. The first-order valence-corrected chi connectivity index (χ1v) is 8.34. The summed E-state index contributed by atoms with van der Waals surface area (Å²) in [5.41, 5.74) is 0. The molecule has 5 aliphatic rings. The van der Waals surface area contributed by atoms with Crippen LogP contribution in [0.25, 0.3) is 0 Å². The first-order valence-electron chi connectivity index (χ1n) is 8.34. The van der Waals surface area contributed by atoms with Gasteiger partial charge in [0.1, 0.15) is 5.78 Å². The van der Waals surface area contributed by atoms with Crippen molar-refractivity contribution in [3.8, 4) is 0 Å². The Bertz CT molecular complexity index is 384. The molecule has 4 bridgehead atoms. The second-order valence-corrected chi connectivity index (χ2v) is 8.12. The third-order valence-corrected chi connectivity index (χ3v) is 7.46. The normalized spacial score (nSPS) is 59.1. The summed E-state index contributed by atoms with van der Waals surface area (Å²) in [6.45, 7) is 0. The molecule has 7 unspecified atom stereocenters. The molecule has 5 fully saturated rings. The summed E-state index contributed by atoms with van der Waals surface area (Å²) in [5, 5.41) is 0. The monoisotopic (exact) mass is 244 g/mol. The minimum Gasteiger partial charge on any atom is -0.299 e. The first kappa shape index (κ1) is 10.5. The molecular weight excluding hydrogens is 220 g/mol. The van der Waals surface area contributed by atoms with Crippen LogP contribution >= 0.6 is 0 Å². The molecule has 0 heterocycles. The summed E-state index contributed by atoms with van der Waals surface area (Å²) in [5.74, 6) is 7.66. The average Bonchev–Trinajstić information content (AvgIpc) is 2.85. The SMILES string of the molecule is O=C(CC1CC2CCC1C2)C1C2C3CCC(C3)C12. The molecule has 0 aliphatic heterocycles. The second kappa shape index (κ2) is 3.41. The average molecular weight is 244 g/mol. The van der Waals surface area contributed by atoms with Crippen LogP contribution in [0.3, 0.4) is 0 Å². The molecule has 1 nitrogen and oxygen atoms in total. The number of Topliss-reactive ketones (excluding diaryl/α,β-unsaturated/α-hetero) is 1. The van der Waals surface area contributed by atoms with Crippen LogP contribution in [0.1, 0.15) is 51.4 Å². The third-order valence-electron chi connectivity index (χ3n) is 7.46. The largest absolute Gasteiger partial charge is 0.299 e. The molecule has 0 saturated heterocycles. The smallest absolute Gasteiger partial charge is 0.136 e. The van der Waals surface area contributed by atoms with Crippen LogP contribution in [0.5, 0.6) is 0 Å². The molecule has 98 valence electrons. The third kappa shape index (κ3) is 1.26. The van der Waals surface area contributed by atoms with E-state index >= 15 is 0 Å². The number of ketones is 1. The van der Waals surface area contributed by atoms with E-state index in [1.165, 1.54) is 44.9 Å². The van der Waals surface area contributed by atoms with Gasteiger partial charge in [-0.2, -0.15) is 0 Å². The second-order valence-electron chi connectivity index (χ2n) is 8.12. The van der Waals surface area contributed by atoms with Gasteiger partial charge in [-0.3, -0.25) is 4.79 Å². The molecule has 1 heteroatoms. The van der Waals surface area contributed by atoms with Gasteiger partial charge in [0.15, 0.2) is 0 Å². The standard InChI is InChI=1S/C17H24O/c18-14(8-13-6-9-1-2-10(13)5-9)17-15-11-3-4-12(7-11)16(15)17/h9-13,15-17H,1-8H2. The van der Waals surface area contributed by atoms with E-state index in [4.69, 9.17) is 0 Å². The Kier molecular flexibility index (Phi) is 1.98. The Balaban J connectivity index is 1.26. The molecular formula is C17H24O. The Hall–Kier alpha value is -0.330. The summed E-state index contributed by atoms with van der Waals surface area (Å²) >= 11 is 0. The molecule has 0 aromatic heterocycles. The molecule has 18 heavy (non-hydrogen) atoms. The molecule has 0 radical (unpaired) electrons. The molecule has 0 aromatic carbocycles. The molecule has 0 aromatic rings. The Morgan fingerprint density at radius 1 is 0.833 bits per heavy atom. The summed E-state index contributed by atoms with van der Waals surface area (Å²) in [6.07, 6.45) is 11.1. The summed E-state index contributed by atoms with van der Waals surface area (Å²) in [6, 6.07) is 0. The number of fused-ring (bicyclic) bond motifs is 7. The van der Waals surface area contributed by atoms with Gasteiger partial charge < -0.3 is 0 Å². The molecule has 0 N–H and O–H groups in total. The molecule has 5 rings (SSSR count). The lowest BCUT2D eigenvalue weighted by Crippen LogP contribution is -2.18. The van der Waals surface area contributed by atoms with Gasteiger partial charge >= 0.3 is 0 Å². The van der Waals surface area contributed by atoms with E-state index in [0.29, 0.717) is 11.7 Å². The number of rotatable bonds is 3. The van der Waals surface area contributed by atoms with Gasteiger partial charge in [-0.05, 0) is 80.0 Å². The fourth-order valence-electron chi connectivity index (χ4n) is 6.78. The predicted molar refractivity (Wildman–Crippen MR) is 69.9 cm³/mol. The maximum Gasteiger partial charge on any atom is 0.136 e. The van der Waals surface area contributed by atoms with E-state index in [1.807, 2.05) is 0 Å². The molecule has 5 aliphatic carbocycles. The van der Waals surface area contributed by atoms with Gasteiger partial charge in [0.25, 0.3) is 0 Å². The van der Waals surface area contributed by atoms with Gasteiger partial charge in [0, 0.05) is 12.3 Å². The van der Waals surface area contributed by atoms with Crippen LogP contribution in [0.2, 0.25) is 0 Å². The van der Waals surface area contributed by atoms with Crippen molar-refractivity contribution in [1.82, 2.24) is 0 Å². The topological polar surface area (TPSA) is 17.1 Å². The summed E-state index contributed by atoms with van der Waals surface area (Å²) in [7, 11) is 0. The summed E-state index contributed by atoms with van der Waals surface area (Å²) in [4.78, 5) is 12.6. The lowest BCUT2D eigenvalue weighted by molar-refractivity contribution is -0.122. The Labute approximate surface area is 110 Å². The van der Waals surface area contributed by atoms with Crippen molar-refractivity contribution >= 4 is 5.78 Å². The van der Waals surface area contributed by atoms with Gasteiger partial charge in [0.2, 0.25) is 0 Å². The van der Waals surface area contributed by atoms with Gasteiger partial charge in [0.05, 0.1) is 0 Å². The van der Waals surface area contributed by atoms with Crippen LogP contribution in [0.4, 0.5) is 0 Å². The predicted octanol–water partition coefficient (Wildman–Crippen LogP) is 3.67. The zero-order valence-corrected chi connectivity index (χ0v) is 11.2. The van der Waals surface area contributed by atoms with Crippen LogP contribution in [0.15, 0.2) is 0 Å². The lowest BCUT2D eigenvalue weighted by atomic mass is 9.83. The maximum absolute atomic E-state index is 12.6. The Morgan fingerprint density at radius 3 is 2.17 bits per heavy atom. The van der Waals surface area contributed by atoms with E-state index in [0.717, 1.165) is 47.8 Å². The van der Waals surface area contributed by atoms with E-state index in [-0.39, 0.29) is 0 Å². The highest BCUT2D eigenvalue weighted by atomic mass is 16.1. The van der Waals surface area contributed by atoms with Crippen molar-refractivity contribution in [2.75, 3.05) is 0 Å². The highest BCUT2D eigenvalue weighted by Gasteiger charge is 2.67. The Morgan fingerprint density at radius 2 is 1.56 bits per heavy atom. The van der Waals surface area contributed by atoms with Gasteiger partial charge in [-0.25, -0.2) is 0 Å². The van der Waals surface area contributed by atoms with Crippen LogP contribution in [-0.4, -0.2) is 5.78 Å². The number of hydrogen-bond donors (Lipinski definition) is 0. The van der Waals surface area contributed by atoms with Crippen molar-refractivity contribution < 1.29 is 4.79 Å². The molecule has 0 amide bonds. The van der Waals surface area contributed by atoms with Gasteiger partial charge in [-0.1, -0.05) is 6.42 Å². The van der Waals surface area contributed by atoms with Crippen molar-refractivity contribution in [3.63, 3.8) is 0 Å². The van der Waals surface area contributed by atoms with Crippen molar-refractivity contribution in [2.45, 2.75) is 51.4 Å². The molecule has 0 spiro atoms. The van der Waals surface area contributed by atoms with Crippen molar-refractivity contribution in [3.05, 3.63) is 0 Å². The van der Waals surface area contributed by atoms with E-state index in [1.54, 1.807) is 0 Å².